The van der Waals surface area contributed by atoms with Crippen molar-refractivity contribution in [1.29, 1.82) is 0 Å². The zero-order valence-electron chi connectivity index (χ0n) is 20.4. The van der Waals surface area contributed by atoms with Crippen LogP contribution in [-0.4, -0.2) is 33.6 Å². The van der Waals surface area contributed by atoms with E-state index in [2.05, 4.69) is 10.3 Å². The van der Waals surface area contributed by atoms with Crippen molar-refractivity contribution in [2.45, 2.75) is 25.7 Å². The topological polar surface area (TPSA) is 50.2 Å². The summed E-state index contributed by atoms with van der Waals surface area (Å²) < 4.78 is 68.9. The normalized spacial score (nSPS) is 14.2. The number of pyridine rings is 1. The van der Waals surface area contributed by atoms with Crippen LogP contribution in [0.2, 0.25) is 5.02 Å². The van der Waals surface area contributed by atoms with Crippen LogP contribution in [0, 0.1) is 11.8 Å². The first kappa shape index (κ1) is 26.8. The molecule has 5 rings (SSSR count). The molecule has 0 saturated heterocycles. The maximum atomic E-state index is 13.5. The molecule has 2 aromatic heterocycles. The average Bonchev–Trinajstić information content (AvgIpc) is 3.22. The molecule has 5 nitrogen and oxygen atoms in total. The largest absolute Gasteiger partial charge is 0.416 e. The van der Waals surface area contributed by atoms with E-state index in [0.717, 1.165) is 17.7 Å². The summed E-state index contributed by atoms with van der Waals surface area (Å²) in [5, 5.41) is 3.10. The van der Waals surface area contributed by atoms with E-state index >= 15 is 0 Å². The summed E-state index contributed by atoms with van der Waals surface area (Å²) in [6.45, 7) is 1.40. The number of nitrogens with one attached hydrogen (secondary N) is 1. The van der Waals surface area contributed by atoms with E-state index in [0.29, 0.717) is 53.8 Å². The van der Waals surface area contributed by atoms with Crippen molar-refractivity contribution in [3.05, 3.63) is 106 Å². The van der Waals surface area contributed by atoms with Crippen LogP contribution >= 0.6 is 11.6 Å². The van der Waals surface area contributed by atoms with Crippen molar-refractivity contribution >= 4 is 34.6 Å². The molecule has 0 fully saturated rings. The van der Waals surface area contributed by atoms with Gasteiger partial charge < -0.3 is 5.32 Å². The number of hydrogen-bond donors (Lipinski definition) is 1. The molecule has 4 aromatic rings. The van der Waals surface area contributed by atoms with Gasteiger partial charge in [0.2, 0.25) is 5.95 Å². The summed E-state index contributed by atoms with van der Waals surface area (Å²) >= 11 is 5.84. The molecule has 2 aromatic carbocycles. The highest BCUT2D eigenvalue weighted by Gasteiger charge is 2.33. The summed E-state index contributed by atoms with van der Waals surface area (Å²) in [4.78, 5) is 18.8. The van der Waals surface area contributed by atoms with Crippen LogP contribution in [-0.2, 0) is 25.7 Å². The van der Waals surface area contributed by atoms with Crippen molar-refractivity contribution in [2.24, 2.45) is 0 Å². The predicted octanol–water partition coefficient (Wildman–Crippen LogP) is 6.82. The molecule has 0 bridgehead atoms. The van der Waals surface area contributed by atoms with Gasteiger partial charge >= 0.3 is 12.2 Å². The van der Waals surface area contributed by atoms with Crippen LogP contribution in [0.15, 0.2) is 60.8 Å². The number of halogens is 6. The van der Waals surface area contributed by atoms with E-state index in [4.69, 9.17) is 11.6 Å². The Labute approximate surface area is 225 Å². The number of fused-ring (bicyclic) bond motifs is 3. The minimum absolute atomic E-state index is 0.0142. The first-order valence-electron chi connectivity index (χ1n) is 12.1. The first-order valence-corrected chi connectivity index (χ1v) is 12.4. The molecule has 1 aliphatic heterocycles. The van der Waals surface area contributed by atoms with Crippen molar-refractivity contribution < 1.29 is 26.7 Å². The van der Waals surface area contributed by atoms with Crippen molar-refractivity contribution in [1.82, 2.24) is 19.8 Å². The molecule has 0 radical (unpaired) electrons. The van der Waals surface area contributed by atoms with Gasteiger partial charge in [0.05, 0.1) is 16.1 Å². The lowest BCUT2D eigenvalue weighted by Crippen LogP contribution is -2.34. The van der Waals surface area contributed by atoms with Gasteiger partial charge in [0.1, 0.15) is 5.82 Å². The lowest BCUT2D eigenvalue weighted by Gasteiger charge is -2.27. The lowest BCUT2D eigenvalue weighted by molar-refractivity contribution is -0.137. The fourth-order valence-corrected chi connectivity index (χ4v) is 4.93. The SMILES string of the molecule is O=C(NCc1ccnc(F)c1)n1c2c(c3cc(C(F)(F)F)ccc31)CN(C/C=C/c1ccc(F)c(Cl)c1)CC2. The quantitative estimate of drug-likeness (QED) is 0.215. The highest BCUT2D eigenvalue weighted by molar-refractivity contribution is 6.30. The van der Waals surface area contributed by atoms with Gasteiger partial charge in [-0.25, -0.2) is 14.2 Å². The van der Waals surface area contributed by atoms with Gasteiger partial charge in [0, 0.05) is 49.9 Å². The minimum Gasteiger partial charge on any atom is -0.333 e. The third kappa shape index (κ3) is 5.81. The smallest absolute Gasteiger partial charge is 0.333 e. The van der Waals surface area contributed by atoms with Crippen molar-refractivity contribution in [2.75, 3.05) is 13.1 Å². The Morgan fingerprint density at radius 2 is 1.92 bits per heavy atom. The molecule has 1 amide bonds. The van der Waals surface area contributed by atoms with E-state index < -0.39 is 29.5 Å². The van der Waals surface area contributed by atoms with Crippen molar-refractivity contribution in [3.8, 4) is 0 Å². The Morgan fingerprint density at radius 1 is 1.10 bits per heavy atom. The van der Waals surface area contributed by atoms with Gasteiger partial charge in [0.25, 0.3) is 0 Å². The molecule has 11 heteroatoms. The van der Waals surface area contributed by atoms with Crippen molar-refractivity contribution in [3.63, 3.8) is 0 Å². The maximum Gasteiger partial charge on any atom is 0.416 e. The Hall–Kier alpha value is -3.76. The van der Waals surface area contributed by atoms with E-state index in [1.54, 1.807) is 18.2 Å². The first-order chi connectivity index (χ1) is 18.6. The summed E-state index contributed by atoms with van der Waals surface area (Å²) in [7, 11) is 0. The zero-order valence-corrected chi connectivity index (χ0v) is 21.2. The molecule has 1 aliphatic rings. The van der Waals surface area contributed by atoms with Crippen LogP contribution in [0.25, 0.3) is 17.0 Å². The molecule has 0 saturated carbocycles. The van der Waals surface area contributed by atoms with Gasteiger partial charge in [-0.3, -0.25) is 9.47 Å². The molecule has 0 spiro atoms. The summed E-state index contributed by atoms with van der Waals surface area (Å²) in [5.74, 6) is -1.19. The van der Waals surface area contributed by atoms with Gasteiger partial charge in [-0.15, -0.1) is 0 Å². The van der Waals surface area contributed by atoms with E-state index in [-0.39, 0.29) is 11.6 Å². The summed E-state index contributed by atoms with van der Waals surface area (Å²) in [6, 6.07) is 9.98. The van der Waals surface area contributed by atoms with Gasteiger partial charge in [0.15, 0.2) is 0 Å². The molecule has 202 valence electrons. The monoisotopic (exact) mass is 560 g/mol. The van der Waals surface area contributed by atoms with Gasteiger partial charge in [-0.1, -0.05) is 29.8 Å². The van der Waals surface area contributed by atoms with Crippen LogP contribution in [0.4, 0.5) is 26.7 Å². The minimum atomic E-state index is -4.54. The van der Waals surface area contributed by atoms with Gasteiger partial charge in [-0.2, -0.15) is 17.6 Å². The Balaban J connectivity index is 1.42. The van der Waals surface area contributed by atoms with E-state index in [1.807, 2.05) is 11.0 Å². The molecule has 0 unspecified atom stereocenters. The molecular formula is C28H22ClF5N4O. The van der Waals surface area contributed by atoms with Gasteiger partial charge in [-0.05, 0) is 59.2 Å². The Bertz CT molecular complexity index is 1580. The average molecular weight is 561 g/mol. The third-order valence-electron chi connectivity index (χ3n) is 6.61. The number of amides is 1. The van der Waals surface area contributed by atoms with Crippen LogP contribution in [0.3, 0.4) is 0 Å². The fraction of sp³-hybridized carbons (Fsp3) is 0.214. The highest BCUT2D eigenvalue weighted by atomic mass is 35.5. The molecule has 39 heavy (non-hydrogen) atoms. The van der Waals surface area contributed by atoms with Crippen LogP contribution < -0.4 is 5.32 Å². The Kier molecular flexibility index (Phi) is 7.42. The molecule has 0 aliphatic carbocycles. The number of carbonyl (C=O) groups is 1. The zero-order chi connectivity index (χ0) is 27.7. The second-order valence-corrected chi connectivity index (χ2v) is 9.60. The number of nitrogens with zero attached hydrogens (tertiary/aromatic N) is 3. The van der Waals surface area contributed by atoms with Crippen LogP contribution in [0.5, 0.6) is 0 Å². The van der Waals surface area contributed by atoms with E-state index in [1.165, 1.54) is 35.0 Å². The number of benzene rings is 2. The summed E-state index contributed by atoms with van der Waals surface area (Å²) in [6.07, 6.45) is 0.843. The maximum absolute atomic E-state index is 13.5. The molecular weight excluding hydrogens is 539 g/mol. The summed E-state index contributed by atoms with van der Waals surface area (Å²) in [5.41, 5.74) is 2.06. The number of carbonyl (C=O) groups excluding carboxylic acids is 1. The molecule has 1 N–H and O–H groups in total. The number of rotatable bonds is 5. The number of hydrogen-bond acceptors (Lipinski definition) is 3. The highest BCUT2D eigenvalue weighted by Crippen LogP contribution is 2.36. The lowest BCUT2D eigenvalue weighted by atomic mass is 10.0. The molecule has 0 atom stereocenters. The van der Waals surface area contributed by atoms with E-state index in [9.17, 15) is 26.7 Å². The van der Waals surface area contributed by atoms with Crippen LogP contribution in [0.1, 0.15) is 27.9 Å². The fourth-order valence-electron chi connectivity index (χ4n) is 4.74. The second kappa shape index (κ2) is 10.8. The number of aromatic nitrogens is 2. The number of alkyl halides is 3. The third-order valence-corrected chi connectivity index (χ3v) is 6.90. The predicted molar refractivity (Wildman–Crippen MR) is 138 cm³/mol. The molecule has 3 heterocycles. The second-order valence-electron chi connectivity index (χ2n) is 9.20. The standard InChI is InChI=1S/C28H22ClF5N4O/c29-22-12-17(3-5-23(22)30)2-1-10-37-11-8-25-21(16-37)20-14-19(28(32,33)34)4-6-24(20)38(25)27(39)36-15-18-7-9-35-26(31)13-18/h1-7,9,12-14H,8,10-11,15-16H2,(H,36,39)/b2-1+. The Morgan fingerprint density at radius 3 is 2.67 bits per heavy atom.